The van der Waals surface area contributed by atoms with Gasteiger partial charge in [0.15, 0.2) is 0 Å². The maximum Gasteiger partial charge on any atom is 0.317 e. The summed E-state index contributed by atoms with van der Waals surface area (Å²) in [6.45, 7) is 3.26. The van der Waals surface area contributed by atoms with E-state index in [-0.39, 0.29) is 12.6 Å². The summed E-state index contributed by atoms with van der Waals surface area (Å²) >= 11 is 1.87. The van der Waals surface area contributed by atoms with E-state index in [0.717, 1.165) is 18.8 Å². The molecule has 1 aliphatic rings. The van der Waals surface area contributed by atoms with Crippen LogP contribution >= 0.6 is 11.8 Å². The van der Waals surface area contributed by atoms with Crippen LogP contribution in [0.25, 0.3) is 0 Å². The van der Waals surface area contributed by atoms with Gasteiger partial charge in [-0.05, 0) is 0 Å². The van der Waals surface area contributed by atoms with Crippen LogP contribution in [0.1, 0.15) is 6.92 Å². The molecular formula is C8H15FN2OS. The van der Waals surface area contributed by atoms with Crippen molar-refractivity contribution in [3.63, 3.8) is 0 Å². The van der Waals surface area contributed by atoms with Gasteiger partial charge in [0.05, 0.1) is 0 Å². The Hall–Kier alpha value is -0.450. The van der Waals surface area contributed by atoms with E-state index in [9.17, 15) is 9.18 Å². The molecule has 1 unspecified atom stereocenters. The lowest BCUT2D eigenvalue weighted by Gasteiger charge is -2.30. The molecule has 2 amide bonds. The number of hydrogen-bond donors (Lipinski definition) is 1. The topological polar surface area (TPSA) is 32.3 Å². The van der Waals surface area contributed by atoms with E-state index in [0.29, 0.717) is 5.25 Å². The first kappa shape index (κ1) is 10.6. The Morgan fingerprint density at radius 3 is 3.15 bits per heavy atom. The minimum Gasteiger partial charge on any atom is -0.335 e. The van der Waals surface area contributed by atoms with Gasteiger partial charge in [-0.1, -0.05) is 6.92 Å². The second kappa shape index (κ2) is 5.32. The van der Waals surface area contributed by atoms with E-state index < -0.39 is 6.67 Å². The highest BCUT2D eigenvalue weighted by Gasteiger charge is 2.20. The van der Waals surface area contributed by atoms with Gasteiger partial charge in [0.25, 0.3) is 0 Å². The summed E-state index contributed by atoms with van der Waals surface area (Å²) in [5, 5.41) is 3.02. The number of nitrogens with one attached hydrogen (secondary N) is 1. The zero-order valence-electron chi connectivity index (χ0n) is 7.75. The first-order valence-electron chi connectivity index (χ1n) is 4.44. The molecule has 3 nitrogen and oxygen atoms in total. The van der Waals surface area contributed by atoms with Crippen LogP contribution in [0.4, 0.5) is 9.18 Å². The van der Waals surface area contributed by atoms with Crippen molar-refractivity contribution in [2.24, 2.45) is 0 Å². The first-order chi connectivity index (χ1) is 6.24. The van der Waals surface area contributed by atoms with Crippen LogP contribution in [0, 0.1) is 0 Å². The fourth-order valence-corrected chi connectivity index (χ4v) is 2.28. The fourth-order valence-electron chi connectivity index (χ4n) is 1.27. The molecule has 1 N–H and O–H groups in total. The molecule has 1 fully saturated rings. The highest BCUT2D eigenvalue weighted by Crippen LogP contribution is 2.17. The van der Waals surface area contributed by atoms with Gasteiger partial charge in [0.2, 0.25) is 0 Å². The molecule has 1 aliphatic heterocycles. The van der Waals surface area contributed by atoms with Crippen molar-refractivity contribution in [2.75, 3.05) is 32.1 Å². The first-order valence-corrected chi connectivity index (χ1v) is 5.49. The molecule has 5 heteroatoms. The third kappa shape index (κ3) is 3.42. The molecule has 0 spiro atoms. The van der Waals surface area contributed by atoms with E-state index in [1.165, 1.54) is 0 Å². The zero-order chi connectivity index (χ0) is 9.68. The third-order valence-corrected chi connectivity index (χ3v) is 3.04. The highest BCUT2D eigenvalue weighted by molar-refractivity contribution is 7.99. The van der Waals surface area contributed by atoms with Gasteiger partial charge in [-0.2, -0.15) is 11.8 Å². The smallest absolute Gasteiger partial charge is 0.317 e. The number of nitrogens with zero attached hydrogens (tertiary/aromatic N) is 1. The average molecular weight is 206 g/mol. The highest BCUT2D eigenvalue weighted by atomic mass is 32.2. The second-order valence-electron chi connectivity index (χ2n) is 3.05. The summed E-state index contributed by atoms with van der Waals surface area (Å²) < 4.78 is 11.8. The molecule has 1 rings (SSSR count). The quantitative estimate of drug-likeness (QED) is 0.734. The average Bonchev–Trinajstić information content (AvgIpc) is 2.14. The van der Waals surface area contributed by atoms with Crippen LogP contribution in [0.15, 0.2) is 0 Å². The lowest BCUT2D eigenvalue weighted by Crippen LogP contribution is -2.46. The minimum absolute atomic E-state index is 0.122. The standard InChI is InChI=1S/C8H15FN2OS/c1-7-6-11(4-5-13-7)8(12)10-3-2-9/h7H,2-6H2,1H3,(H,10,12). The summed E-state index contributed by atoms with van der Waals surface area (Å²) in [4.78, 5) is 13.1. The van der Waals surface area contributed by atoms with Gasteiger partial charge >= 0.3 is 6.03 Å². The van der Waals surface area contributed by atoms with E-state index >= 15 is 0 Å². The lowest BCUT2D eigenvalue weighted by atomic mass is 10.4. The van der Waals surface area contributed by atoms with Crippen LogP contribution in [-0.4, -0.2) is 48.2 Å². The Morgan fingerprint density at radius 1 is 1.77 bits per heavy atom. The van der Waals surface area contributed by atoms with E-state index in [1.807, 2.05) is 11.8 Å². The number of alkyl halides is 1. The Bertz CT molecular complexity index is 180. The fraction of sp³-hybridized carbons (Fsp3) is 0.875. The molecule has 1 atom stereocenters. The van der Waals surface area contributed by atoms with Crippen LogP contribution in [0.3, 0.4) is 0 Å². The van der Waals surface area contributed by atoms with E-state index in [4.69, 9.17) is 0 Å². The van der Waals surface area contributed by atoms with Crippen molar-refractivity contribution >= 4 is 17.8 Å². The van der Waals surface area contributed by atoms with Crippen LogP contribution in [0.5, 0.6) is 0 Å². The van der Waals surface area contributed by atoms with Crippen LogP contribution in [0.2, 0.25) is 0 Å². The Morgan fingerprint density at radius 2 is 2.54 bits per heavy atom. The van der Waals surface area contributed by atoms with E-state index in [1.54, 1.807) is 4.90 Å². The SMILES string of the molecule is CC1CN(C(=O)NCCF)CCS1. The summed E-state index contributed by atoms with van der Waals surface area (Å²) in [5.41, 5.74) is 0. The van der Waals surface area contributed by atoms with Gasteiger partial charge in [-0.3, -0.25) is 0 Å². The molecule has 0 aromatic rings. The monoisotopic (exact) mass is 206 g/mol. The molecule has 13 heavy (non-hydrogen) atoms. The largest absolute Gasteiger partial charge is 0.335 e. The maximum absolute atomic E-state index is 11.8. The number of carbonyl (C=O) groups is 1. The number of urea groups is 1. The predicted molar refractivity (Wildman–Crippen MR) is 52.9 cm³/mol. The maximum atomic E-state index is 11.8. The number of carbonyl (C=O) groups excluding carboxylic acids is 1. The van der Waals surface area contributed by atoms with Gasteiger partial charge in [-0.25, -0.2) is 9.18 Å². The Kier molecular flexibility index (Phi) is 4.35. The lowest BCUT2D eigenvalue weighted by molar-refractivity contribution is 0.199. The number of halogens is 1. The van der Waals surface area contributed by atoms with E-state index in [2.05, 4.69) is 12.2 Å². The van der Waals surface area contributed by atoms with Crippen molar-refractivity contribution in [2.45, 2.75) is 12.2 Å². The normalized spacial score (nSPS) is 22.9. The van der Waals surface area contributed by atoms with Crippen molar-refractivity contribution in [3.8, 4) is 0 Å². The van der Waals surface area contributed by atoms with Crippen molar-refractivity contribution in [3.05, 3.63) is 0 Å². The molecule has 0 bridgehead atoms. The number of rotatable bonds is 2. The Labute approximate surface area is 82.0 Å². The molecule has 0 aromatic heterocycles. The molecule has 1 saturated heterocycles. The van der Waals surface area contributed by atoms with Crippen LogP contribution < -0.4 is 5.32 Å². The van der Waals surface area contributed by atoms with Gasteiger partial charge in [0.1, 0.15) is 6.67 Å². The molecule has 76 valence electrons. The van der Waals surface area contributed by atoms with Crippen LogP contribution in [-0.2, 0) is 0 Å². The van der Waals surface area contributed by atoms with Gasteiger partial charge < -0.3 is 10.2 Å². The molecule has 0 aromatic carbocycles. The molecule has 0 aliphatic carbocycles. The zero-order valence-corrected chi connectivity index (χ0v) is 8.57. The van der Waals surface area contributed by atoms with Crippen molar-refractivity contribution in [1.82, 2.24) is 10.2 Å². The summed E-state index contributed by atoms with van der Waals surface area (Å²) in [6.07, 6.45) is 0. The molecular weight excluding hydrogens is 191 g/mol. The summed E-state index contributed by atoms with van der Waals surface area (Å²) in [7, 11) is 0. The minimum atomic E-state index is -0.496. The Balaban J connectivity index is 2.28. The summed E-state index contributed by atoms with van der Waals surface area (Å²) in [6, 6.07) is -0.134. The number of amides is 2. The number of hydrogen-bond acceptors (Lipinski definition) is 2. The molecule has 1 heterocycles. The van der Waals surface area contributed by atoms with Gasteiger partial charge in [-0.15, -0.1) is 0 Å². The van der Waals surface area contributed by atoms with Crippen molar-refractivity contribution < 1.29 is 9.18 Å². The summed E-state index contributed by atoms with van der Waals surface area (Å²) in [5.74, 6) is 0.976. The van der Waals surface area contributed by atoms with Crippen molar-refractivity contribution in [1.29, 1.82) is 0 Å². The third-order valence-electron chi connectivity index (χ3n) is 1.90. The number of thioether (sulfide) groups is 1. The molecule has 0 saturated carbocycles. The predicted octanol–water partition coefficient (Wildman–Crippen LogP) is 1.10. The van der Waals surface area contributed by atoms with Gasteiger partial charge in [0, 0.05) is 30.6 Å². The second-order valence-corrected chi connectivity index (χ2v) is 4.59. The molecule has 0 radical (unpaired) electrons.